The van der Waals surface area contributed by atoms with Crippen LogP contribution in [0.25, 0.3) is 0 Å². The molecular formula is C18H29N5. The van der Waals surface area contributed by atoms with Crippen LogP contribution in [0.5, 0.6) is 0 Å². The Hall–Kier alpha value is -1.78. The molecule has 0 radical (unpaired) electrons. The zero-order valence-electron chi connectivity index (χ0n) is 14.7. The molecular weight excluding hydrogens is 286 g/mol. The Morgan fingerprint density at radius 3 is 2.61 bits per heavy atom. The van der Waals surface area contributed by atoms with Crippen molar-refractivity contribution in [2.75, 3.05) is 38.1 Å². The third-order valence-corrected chi connectivity index (χ3v) is 4.88. The lowest BCUT2D eigenvalue weighted by molar-refractivity contribution is 0.370. The summed E-state index contributed by atoms with van der Waals surface area (Å²) in [5.74, 6) is 2.11. The average Bonchev–Trinajstić information content (AvgIpc) is 3.18. The molecule has 1 aromatic heterocycles. The van der Waals surface area contributed by atoms with Crippen molar-refractivity contribution < 1.29 is 0 Å². The van der Waals surface area contributed by atoms with Crippen LogP contribution in [0.4, 0.5) is 5.82 Å². The minimum absolute atomic E-state index is 0.385. The third kappa shape index (κ3) is 3.95. The highest BCUT2D eigenvalue weighted by molar-refractivity contribution is 5.80. The molecule has 0 atom stereocenters. The Bertz CT molecular complexity index is 543. The van der Waals surface area contributed by atoms with Crippen LogP contribution in [0.3, 0.4) is 0 Å². The number of pyridine rings is 1. The number of guanidine groups is 1. The SMILES string of the molecule is CN=C(NCc1ccc(N2CCCC2)nc1)N1CCC(C)(C)C1. The second-order valence-electron chi connectivity index (χ2n) is 7.46. The Morgan fingerprint density at radius 2 is 2.04 bits per heavy atom. The van der Waals surface area contributed by atoms with Gasteiger partial charge in [0.25, 0.3) is 0 Å². The van der Waals surface area contributed by atoms with Gasteiger partial charge in [0.05, 0.1) is 0 Å². The number of aliphatic imine (C=N–C) groups is 1. The number of anilines is 1. The van der Waals surface area contributed by atoms with Crippen molar-refractivity contribution in [1.82, 2.24) is 15.2 Å². The van der Waals surface area contributed by atoms with Crippen LogP contribution in [-0.2, 0) is 6.54 Å². The predicted molar refractivity (Wildman–Crippen MR) is 95.9 cm³/mol. The molecule has 1 N–H and O–H groups in total. The van der Waals surface area contributed by atoms with Crippen LogP contribution in [-0.4, -0.2) is 49.1 Å². The summed E-state index contributed by atoms with van der Waals surface area (Å²) in [6.45, 7) is 9.85. The Labute approximate surface area is 139 Å². The van der Waals surface area contributed by atoms with Crippen molar-refractivity contribution in [3.05, 3.63) is 23.9 Å². The molecule has 5 heteroatoms. The maximum Gasteiger partial charge on any atom is 0.193 e. The molecule has 23 heavy (non-hydrogen) atoms. The molecule has 0 unspecified atom stereocenters. The quantitative estimate of drug-likeness (QED) is 0.687. The first kappa shape index (κ1) is 16.1. The van der Waals surface area contributed by atoms with Crippen LogP contribution >= 0.6 is 0 Å². The van der Waals surface area contributed by atoms with Crippen LogP contribution in [0.2, 0.25) is 0 Å². The van der Waals surface area contributed by atoms with Gasteiger partial charge in [-0.3, -0.25) is 4.99 Å². The van der Waals surface area contributed by atoms with E-state index in [4.69, 9.17) is 0 Å². The molecule has 126 valence electrons. The van der Waals surface area contributed by atoms with Crippen molar-refractivity contribution in [2.24, 2.45) is 10.4 Å². The van der Waals surface area contributed by atoms with E-state index in [9.17, 15) is 0 Å². The fourth-order valence-corrected chi connectivity index (χ4v) is 3.46. The van der Waals surface area contributed by atoms with E-state index in [-0.39, 0.29) is 0 Å². The van der Waals surface area contributed by atoms with E-state index in [2.05, 4.69) is 51.1 Å². The predicted octanol–water partition coefficient (Wildman–Crippen LogP) is 2.49. The van der Waals surface area contributed by atoms with Crippen molar-refractivity contribution in [3.8, 4) is 0 Å². The van der Waals surface area contributed by atoms with E-state index in [1.807, 2.05) is 13.2 Å². The van der Waals surface area contributed by atoms with Gasteiger partial charge in [0.15, 0.2) is 5.96 Å². The van der Waals surface area contributed by atoms with Crippen LogP contribution in [0.15, 0.2) is 23.3 Å². The smallest absolute Gasteiger partial charge is 0.193 e. The Morgan fingerprint density at radius 1 is 1.26 bits per heavy atom. The second-order valence-corrected chi connectivity index (χ2v) is 7.46. The summed E-state index contributed by atoms with van der Waals surface area (Å²) in [5.41, 5.74) is 1.59. The average molecular weight is 315 g/mol. The van der Waals surface area contributed by atoms with E-state index in [1.54, 1.807) is 0 Å². The van der Waals surface area contributed by atoms with E-state index in [0.29, 0.717) is 5.41 Å². The molecule has 1 aromatic rings. The fraction of sp³-hybridized carbons (Fsp3) is 0.667. The van der Waals surface area contributed by atoms with Gasteiger partial charge in [0, 0.05) is 46.0 Å². The van der Waals surface area contributed by atoms with Crippen LogP contribution in [0, 0.1) is 5.41 Å². The van der Waals surface area contributed by atoms with Gasteiger partial charge < -0.3 is 15.1 Å². The molecule has 0 spiro atoms. The molecule has 0 saturated carbocycles. The number of likely N-dealkylation sites (tertiary alicyclic amines) is 1. The van der Waals surface area contributed by atoms with Crippen LogP contribution in [0.1, 0.15) is 38.7 Å². The van der Waals surface area contributed by atoms with Gasteiger partial charge in [-0.2, -0.15) is 0 Å². The van der Waals surface area contributed by atoms with E-state index < -0.39 is 0 Å². The minimum atomic E-state index is 0.385. The summed E-state index contributed by atoms with van der Waals surface area (Å²) in [6, 6.07) is 4.32. The highest BCUT2D eigenvalue weighted by Gasteiger charge is 2.30. The minimum Gasteiger partial charge on any atom is -0.357 e. The lowest BCUT2D eigenvalue weighted by Gasteiger charge is -2.23. The molecule has 2 saturated heterocycles. The molecule has 0 aliphatic carbocycles. The first-order valence-electron chi connectivity index (χ1n) is 8.73. The van der Waals surface area contributed by atoms with Gasteiger partial charge in [-0.15, -0.1) is 0 Å². The highest BCUT2D eigenvalue weighted by Crippen LogP contribution is 2.28. The lowest BCUT2D eigenvalue weighted by Crippen LogP contribution is -2.40. The standard InChI is InChI=1S/C18H29N5/c1-18(2)8-11-23(14-18)17(19-3)21-13-15-6-7-16(20-12-15)22-9-4-5-10-22/h6-7,12H,4-5,8-11,13-14H2,1-3H3,(H,19,21). The molecule has 0 amide bonds. The van der Waals surface area contributed by atoms with Gasteiger partial charge in [0.2, 0.25) is 0 Å². The van der Waals surface area contributed by atoms with Gasteiger partial charge in [0.1, 0.15) is 5.82 Å². The largest absolute Gasteiger partial charge is 0.357 e. The second kappa shape index (κ2) is 6.77. The third-order valence-electron chi connectivity index (χ3n) is 4.88. The van der Waals surface area contributed by atoms with Gasteiger partial charge in [-0.1, -0.05) is 19.9 Å². The number of rotatable bonds is 3. The number of aromatic nitrogens is 1. The molecule has 2 fully saturated rings. The van der Waals surface area contributed by atoms with Gasteiger partial charge >= 0.3 is 0 Å². The summed E-state index contributed by atoms with van der Waals surface area (Å²) in [7, 11) is 1.86. The molecule has 3 heterocycles. The lowest BCUT2D eigenvalue weighted by atomic mass is 9.93. The highest BCUT2D eigenvalue weighted by atomic mass is 15.3. The number of nitrogens with zero attached hydrogens (tertiary/aromatic N) is 4. The van der Waals surface area contributed by atoms with Gasteiger partial charge in [-0.25, -0.2) is 4.98 Å². The molecule has 5 nitrogen and oxygen atoms in total. The molecule has 0 bridgehead atoms. The summed E-state index contributed by atoms with van der Waals surface area (Å²) < 4.78 is 0. The summed E-state index contributed by atoms with van der Waals surface area (Å²) in [4.78, 5) is 13.8. The topological polar surface area (TPSA) is 43.8 Å². The van der Waals surface area contributed by atoms with Crippen molar-refractivity contribution in [3.63, 3.8) is 0 Å². The maximum atomic E-state index is 4.62. The number of hydrogen-bond acceptors (Lipinski definition) is 3. The van der Waals surface area contributed by atoms with E-state index in [1.165, 1.54) is 24.8 Å². The van der Waals surface area contributed by atoms with Gasteiger partial charge in [-0.05, 0) is 36.3 Å². The summed E-state index contributed by atoms with van der Waals surface area (Å²) >= 11 is 0. The molecule has 0 aromatic carbocycles. The summed E-state index contributed by atoms with van der Waals surface area (Å²) in [5, 5.41) is 3.48. The maximum absolute atomic E-state index is 4.62. The molecule has 2 aliphatic heterocycles. The Kier molecular flexibility index (Phi) is 4.74. The van der Waals surface area contributed by atoms with Crippen LogP contribution < -0.4 is 10.2 Å². The monoisotopic (exact) mass is 315 g/mol. The Balaban J connectivity index is 1.55. The van der Waals surface area contributed by atoms with Crippen molar-refractivity contribution >= 4 is 11.8 Å². The molecule has 3 rings (SSSR count). The van der Waals surface area contributed by atoms with E-state index >= 15 is 0 Å². The first-order chi connectivity index (χ1) is 11.1. The first-order valence-corrected chi connectivity index (χ1v) is 8.73. The fourth-order valence-electron chi connectivity index (χ4n) is 3.46. The zero-order chi connectivity index (χ0) is 16.3. The number of hydrogen-bond donors (Lipinski definition) is 1. The van der Waals surface area contributed by atoms with Crippen molar-refractivity contribution in [1.29, 1.82) is 0 Å². The summed E-state index contributed by atoms with van der Waals surface area (Å²) in [6.07, 6.45) is 5.78. The molecule has 2 aliphatic rings. The number of nitrogens with one attached hydrogen (secondary N) is 1. The van der Waals surface area contributed by atoms with Crippen molar-refractivity contribution in [2.45, 2.75) is 39.7 Å². The normalized spacial score (nSPS) is 21.1. The van der Waals surface area contributed by atoms with E-state index in [0.717, 1.165) is 44.5 Å². The zero-order valence-corrected chi connectivity index (χ0v) is 14.7.